The van der Waals surface area contributed by atoms with Crippen LogP contribution in [0.5, 0.6) is 0 Å². The highest BCUT2D eigenvalue weighted by Gasteiger charge is 2.58. The fourth-order valence-electron chi connectivity index (χ4n) is 3.77. The van der Waals surface area contributed by atoms with Gasteiger partial charge in [-0.05, 0) is 30.5 Å². The van der Waals surface area contributed by atoms with E-state index in [9.17, 15) is 18.4 Å². The number of nitrogens with zero attached hydrogens (tertiary/aromatic N) is 2. The Morgan fingerprint density at radius 3 is 2.10 bits per heavy atom. The van der Waals surface area contributed by atoms with Gasteiger partial charge in [-0.15, -0.1) is 0 Å². The van der Waals surface area contributed by atoms with E-state index in [0.717, 1.165) is 31.8 Å². The maximum absolute atomic E-state index is 13.8. The molecule has 1 saturated heterocycles. The van der Waals surface area contributed by atoms with Crippen LogP contribution >= 0.6 is 0 Å². The molecule has 1 saturated carbocycles. The molecule has 1 aliphatic heterocycles. The summed E-state index contributed by atoms with van der Waals surface area (Å²) in [6.07, 6.45) is 0.802. The number of anilines is 1. The maximum atomic E-state index is 13.8. The largest absolute Gasteiger partial charge is 0.339 e. The average Bonchev–Trinajstić information content (AvgIpc) is 3.54. The molecule has 4 rings (SSSR count). The van der Waals surface area contributed by atoms with Crippen molar-refractivity contribution in [3.63, 3.8) is 0 Å². The molecule has 0 bridgehead atoms. The van der Waals surface area contributed by atoms with Crippen molar-refractivity contribution in [2.45, 2.75) is 19.4 Å². The Hall–Kier alpha value is -2.80. The first-order valence-corrected chi connectivity index (χ1v) is 9.81. The molecule has 0 radical (unpaired) electrons. The lowest BCUT2D eigenvalue weighted by Gasteiger charge is -2.36. The van der Waals surface area contributed by atoms with Gasteiger partial charge in [0.25, 0.3) is 0 Å². The van der Waals surface area contributed by atoms with E-state index in [-0.39, 0.29) is 5.91 Å². The van der Waals surface area contributed by atoms with Gasteiger partial charge in [-0.25, -0.2) is 8.78 Å². The summed E-state index contributed by atoms with van der Waals surface area (Å²) >= 11 is 0. The number of halogens is 2. The maximum Gasteiger partial charge on any atom is 0.240 e. The monoisotopic (exact) mass is 399 g/mol. The first kappa shape index (κ1) is 19.5. The van der Waals surface area contributed by atoms with E-state index in [0.29, 0.717) is 25.9 Å². The standard InChI is InChI=1S/C22H23F2N3O2/c23-17-7-4-8-18(24)19(17)25-20(28)22(9-10-22)21(29)27-13-11-26(12-14-27)15-16-5-2-1-3-6-16/h1-8H,9-15H2,(H,25,28). The Kier molecular flexibility index (Phi) is 5.32. The lowest BCUT2D eigenvalue weighted by Crippen LogP contribution is -2.52. The van der Waals surface area contributed by atoms with Gasteiger partial charge in [-0.3, -0.25) is 14.5 Å². The lowest BCUT2D eigenvalue weighted by atomic mass is 10.0. The molecule has 0 spiro atoms. The molecule has 0 atom stereocenters. The van der Waals surface area contributed by atoms with E-state index in [2.05, 4.69) is 22.3 Å². The molecule has 1 aliphatic carbocycles. The van der Waals surface area contributed by atoms with Crippen molar-refractivity contribution in [1.29, 1.82) is 0 Å². The Labute approximate surface area is 168 Å². The lowest BCUT2D eigenvalue weighted by molar-refractivity contribution is -0.143. The Morgan fingerprint density at radius 2 is 1.52 bits per heavy atom. The zero-order valence-electron chi connectivity index (χ0n) is 16.0. The minimum absolute atomic E-state index is 0.244. The smallest absolute Gasteiger partial charge is 0.240 e. The summed E-state index contributed by atoms with van der Waals surface area (Å²) in [5.41, 5.74) is -0.474. The van der Waals surface area contributed by atoms with Gasteiger partial charge >= 0.3 is 0 Å². The molecule has 2 amide bonds. The molecule has 2 aliphatic rings. The number of nitrogens with one attached hydrogen (secondary N) is 1. The number of carbonyl (C=O) groups excluding carboxylic acids is 2. The number of amides is 2. The molecular weight excluding hydrogens is 376 g/mol. The van der Waals surface area contributed by atoms with Crippen LogP contribution in [0.25, 0.3) is 0 Å². The normalized spacial score (nSPS) is 18.3. The van der Waals surface area contributed by atoms with Crippen LogP contribution in [-0.2, 0) is 16.1 Å². The van der Waals surface area contributed by atoms with Gasteiger partial charge < -0.3 is 10.2 Å². The number of carbonyl (C=O) groups is 2. The molecule has 7 heteroatoms. The summed E-state index contributed by atoms with van der Waals surface area (Å²) < 4.78 is 27.7. The van der Waals surface area contributed by atoms with Crippen LogP contribution in [0.3, 0.4) is 0 Å². The first-order valence-electron chi connectivity index (χ1n) is 9.81. The Balaban J connectivity index is 1.36. The number of benzene rings is 2. The minimum atomic E-state index is -1.20. The van der Waals surface area contributed by atoms with Gasteiger partial charge in [-0.1, -0.05) is 36.4 Å². The van der Waals surface area contributed by atoms with Crippen LogP contribution in [0, 0.1) is 17.0 Å². The molecule has 152 valence electrons. The molecule has 5 nitrogen and oxygen atoms in total. The number of rotatable bonds is 5. The highest BCUT2D eigenvalue weighted by atomic mass is 19.1. The van der Waals surface area contributed by atoms with Crippen molar-refractivity contribution in [1.82, 2.24) is 9.80 Å². The summed E-state index contributed by atoms with van der Waals surface area (Å²) in [5.74, 6) is -2.57. The topological polar surface area (TPSA) is 52.7 Å². The molecule has 2 aromatic rings. The van der Waals surface area contributed by atoms with Crippen molar-refractivity contribution in [3.8, 4) is 0 Å². The van der Waals surface area contributed by atoms with E-state index in [1.54, 1.807) is 4.90 Å². The molecule has 2 aromatic carbocycles. The third-order valence-corrected chi connectivity index (χ3v) is 5.70. The van der Waals surface area contributed by atoms with Crippen molar-refractivity contribution in [2.24, 2.45) is 5.41 Å². The molecule has 1 N–H and O–H groups in total. The Bertz CT molecular complexity index is 887. The van der Waals surface area contributed by atoms with E-state index in [4.69, 9.17) is 0 Å². The summed E-state index contributed by atoms with van der Waals surface area (Å²) in [4.78, 5) is 29.7. The van der Waals surface area contributed by atoms with Crippen LogP contribution in [0.2, 0.25) is 0 Å². The second-order valence-corrected chi connectivity index (χ2v) is 7.69. The van der Waals surface area contributed by atoms with Gasteiger partial charge in [0.1, 0.15) is 22.7 Å². The number of piperazine rings is 1. The quantitative estimate of drug-likeness (QED) is 0.787. The number of para-hydroxylation sites is 1. The molecule has 2 fully saturated rings. The summed E-state index contributed by atoms with van der Waals surface area (Å²) in [7, 11) is 0. The summed E-state index contributed by atoms with van der Waals surface area (Å²) in [6, 6.07) is 13.5. The van der Waals surface area contributed by atoms with Gasteiger partial charge in [0.15, 0.2) is 0 Å². The molecule has 1 heterocycles. The Morgan fingerprint density at radius 1 is 0.897 bits per heavy atom. The molecule has 0 aromatic heterocycles. The van der Waals surface area contributed by atoms with Crippen molar-refractivity contribution in [3.05, 3.63) is 65.7 Å². The zero-order chi connectivity index (χ0) is 20.4. The van der Waals surface area contributed by atoms with Crippen LogP contribution in [0.15, 0.2) is 48.5 Å². The van der Waals surface area contributed by atoms with Crippen molar-refractivity contribution < 1.29 is 18.4 Å². The van der Waals surface area contributed by atoms with Crippen LogP contribution in [-0.4, -0.2) is 47.8 Å². The minimum Gasteiger partial charge on any atom is -0.339 e. The zero-order valence-corrected chi connectivity index (χ0v) is 16.0. The van der Waals surface area contributed by atoms with Gasteiger partial charge in [0.05, 0.1) is 0 Å². The van der Waals surface area contributed by atoms with Crippen LogP contribution in [0.1, 0.15) is 18.4 Å². The van der Waals surface area contributed by atoms with E-state index < -0.39 is 28.6 Å². The predicted octanol–water partition coefficient (Wildman–Crippen LogP) is 3.03. The SMILES string of the molecule is O=C(Nc1c(F)cccc1F)C1(C(=O)N2CCN(Cc3ccccc3)CC2)CC1. The van der Waals surface area contributed by atoms with E-state index >= 15 is 0 Å². The second-order valence-electron chi connectivity index (χ2n) is 7.69. The highest BCUT2D eigenvalue weighted by molar-refractivity contribution is 6.13. The third-order valence-electron chi connectivity index (χ3n) is 5.70. The van der Waals surface area contributed by atoms with Crippen molar-refractivity contribution >= 4 is 17.5 Å². The van der Waals surface area contributed by atoms with Gasteiger partial charge in [0, 0.05) is 32.7 Å². The predicted molar refractivity (Wildman–Crippen MR) is 105 cm³/mol. The third kappa shape index (κ3) is 4.00. The fourth-order valence-corrected chi connectivity index (χ4v) is 3.77. The van der Waals surface area contributed by atoms with E-state index in [1.807, 2.05) is 18.2 Å². The van der Waals surface area contributed by atoms with Gasteiger partial charge in [0.2, 0.25) is 11.8 Å². The first-order chi connectivity index (χ1) is 14.0. The fraction of sp³-hybridized carbons (Fsp3) is 0.364. The average molecular weight is 399 g/mol. The van der Waals surface area contributed by atoms with Crippen LogP contribution in [0.4, 0.5) is 14.5 Å². The molecule has 29 heavy (non-hydrogen) atoms. The van der Waals surface area contributed by atoms with Gasteiger partial charge in [-0.2, -0.15) is 0 Å². The highest BCUT2D eigenvalue weighted by Crippen LogP contribution is 2.48. The van der Waals surface area contributed by atoms with E-state index in [1.165, 1.54) is 11.6 Å². The van der Waals surface area contributed by atoms with Crippen molar-refractivity contribution in [2.75, 3.05) is 31.5 Å². The summed E-state index contributed by atoms with van der Waals surface area (Å²) in [6.45, 7) is 3.34. The number of hydrogen-bond donors (Lipinski definition) is 1. The van der Waals surface area contributed by atoms with Crippen LogP contribution < -0.4 is 5.32 Å². The second kappa shape index (κ2) is 7.91. The molecule has 0 unspecified atom stereocenters. The molecular formula is C22H23F2N3O2. The summed E-state index contributed by atoms with van der Waals surface area (Å²) in [5, 5.41) is 2.30. The number of hydrogen-bond acceptors (Lipinski definition) is 3.